The predicted molar refractivity (Wildman–Crippen MR) is 30.3 cm³/mol. The van der Waals surface area contributed by atoms with Crippen molar-refractivity contribution in [1.29, 1.82) is 0 Å². The topological polar surface area (TPSA) is 24.1 Å². The largest absolute Gasteiger partial charge is 0.318 e. The van der Waals surface area contributed by atoms with E-state index in [2.05, 4.69) is 10.3 Å². The Balaban J connectivity index is 0.000000250. The lowest BCUT2D eigenvalue weighted by Crippen LogP contribution is -2.11. The van der Waals surface area contributed by atoms with Crippen molar-refractivity contribution in [2.45, 2.75) is 0 Å². The maximum absolute atomic E-state index is 2.78. The van der Waals surface area contributed by atoms with Crippen molar-refractivity contribution in [3.63, 3.8) is 0 Å². The second-order valence-corrected chi connectivity index (χ2v) is 1.38. The zero-order valence-electron chi connectivity index (χ0n) is 2.97. The number of hydrazine groups is 1. The number of hydrogen-bond acceptors (Lipinski definition) is 3. The Morgan fingerprint density at radius 1 is 1.50 bits per heavy atom. The first-order valence-electron chi connectivity index (χ1n) is 1.31. The molecule has 0 saturated carbocycles. The van der Waals surface area contributed by atoms with Gasteiger partial charge in [0.25, 0.3) is 0 Å². The molecular formula is C2H5ClN2S. The van der Waals surface area contributed by atoms with Crippen LogP contribution in [0, 0.1) is 0 Å². The fourth-order valence-electron chi connectivity index (χ4n) is 0.170. The fraction of sp³-hybridized carbons (Fsp3) is 0. The molecule has 0 aromatic heterocycles. The molecule has 0 radical (unpaired) electrons. The Hall–Kier alpha value is 0.140. The van der Waals surface area contributed by atoms with Crippen LogP contribution >= 0.6 is 24.4 Å². The lowest BCUT2D eigenvalue weighted by molar-refractivity contribution is 0.896. The molecule has 2 nitrogen and oxygen atoms in total. The standard InChI is InChI=1S/C2H4N2S.ClH/c1-2-5-4-3-1;/h1-4H;1H. The van der Waals surface area contributed by atoms with Gasteiger partial charge >= 0.3 is 0 Å². The second kappa shape index (κ2) is 3.33. The maximum Gasteiger partial charge on any atom is 0.0211 e. The van der Waals surface area contributed by atoms with Gasteiger partial charge in [0, 0.05) is 11.6 Å². The Labute approximate surface area is 46.9 Å². The Kier molecular flexibility index (Phi) is 3.41. The van der Waals surface area contributed by atoms with E-state index in [1.165, 1.54) is 11.9 Å². The molecule has 1 aliphatic rings. The normalized spacial score (nSPS) is 16.0. The van der Waals surface area contributed by atoms with Gasteiger partial charge in [-0.3, -0.25) is 0 Å². The summed E-state index contributed by atoms with van der Waals surface area (Å²) in [4.78, 5) is 2.78. The summed E-state index contributed by atoms with van der Waals surface area (Å²) in [5, 5.41) is 1.93. The monoisotopic (exact) mass is 124 g/mol. The van der Waals surface area contributed by atoms with Crippen LogP contribution < -0.4 is 10.3 Å². The average Bonchev–Trinajstić information content (AvgIpc) is 1.76. The molecule has 6 heavy (non-hydrogen) atoms. The van der Waals surface area contributed by atoms with Crippen molar-refractivity contribution in [2.75, 3.05) is 0 Å². The summed E-state index contributed by atoms with van der Waals surface area (Å²) in [6.45, 7) is 0. The van der Waals surface area contributed by atoms with E-state index < -0.39 is 0 Å². The van der Waals surface area contributed by atoms with Crippen molar-refractivity contribution in [2.24, 2.45) is 0 Å². The zero-order chi connectivity index (χ0) is 3.54. The lowest BCUT2D eigenvalue weighted by Gasteiger charge is -1.81. The summed E-state index contributed by atoms with van der Waals surface area (Å²) in [7, 11) is 0. The summed E-state index contributed by atoms with van der Waals surface area (Å²) in [6.07, 6.45) is 1.84. The van der Waals surface area contributed by atoms with Crippen LogP contribution in [-0.2, 0) is 0 Å². The highest BCUT2D eigenvalue weighted by Crippen LogP contribution is 1.94. The van der Waals surface area contributed by atoms with Gasteiger partial charge in [-0.15, -0.1) is 12.4 Å². The van der Waals surface area contributed by atoms with E-state index in [1.54, 1.807) is 0 Å². The molecule has 36 valence electrons. The van der Waals surface area contributed by atoms with Crippen LogP contribution in [0.4, 0.5) is 0 Å². The van der Waals surface area contributed by atoms with Gasteiger partial charge in [0.2, 0.25) is 0 Å². The van der Waals surface area contributed by atoms with E-state index >= 15 is 0 Å². The highest BCUT2D eigenvalue weighted by Gasteiger charge is 1.79. The molecule has 0 amide bonds. The van der Waals surface area contributed by atoms with Crippen LogP contribution in [0.1, 0.15) is 0 Å². The third-order valence-electron chi connectivity index (χ3n) is 0.337. The van der Waals surface area contributed by atoms with Gasteiger partial charge in [0.1, 0.15) is 0 Å². The molecule has 1 rings (SSSR count). The Bertz CT molecular complexity index is 49.5. The summed E-state index contributed by atoms with van der Waals surface area (Å²) in [5.41, 5.74) is 2.75. The van der Waals surface area contributed by atoms with E-state index in [0.29, 0.717) is 0 Å². The van der Waals surface area contributed by atoms with E-state index in [0.717, 1.165) is 0 Å². The van der Waals surface area contributed by atoms with Gasteiger partial charge < -0.3 is 5.43 Å². The Morgan fingerprint density at radius 3 is 2.50 bits per heavy atom. The first-order valence-corrected chi connectivity index (χ1v) is 2.19. The molecule has 0 aromatic rings. The van der Waals surface area contributed by atoms with Gasteiger partial charge in [-0.05, 0) is 11.9 Å². The number of hydrogen-bond donors (Lipinski definition) is 2. The summed E-state index contributed by atoms with van der Waals surface area (Å²) in [5.74, 6) is 0. The van der Waals surface area contributed by atoms with Crippen LogP contribution in [0.25, 0.3) is 0 Å². The number of nitrogens with one attached hydrogen (secondary N) is 2. The second-order valence-electron chi connectivity index (χ2n) is 0.667. The summed E-state index contributed by atoms with van der Waals surface area (Å²) >= 11 is 1.53. The minimum absolute atomic E-state index is 0. The predicted octanol–water partition coefficient (Wildman–Crippen LogP) is 0.635. The molecule has 2 N–H and O–H groups in total. The smallest absolute Gasteiger partial charge is 0.0211 e. The minimum Gasteiger partial charge on any atom is -0.318 e. The van der Waals surface area contributed by atoms with Gasteiger partial charge in [-0.1, -0.05) is 0 Å². The van der Waals surface area contributed by atoms with Crippen molar-refractivity contribution in [3.8, 4) is 0 Å². The Morgan fingerprint density at radius 2 is 2.33 bits per heavy atom. The van der Waals surface area contributed by atoms with Crippen molar-refractivity contribution in [1.82, 2.24) is 10.3 Å². The highest BCUT2D eigenvalue weighted by molar-refractivity contribution is 8.00. The van der Waals surface area contributed by atoms with Crippen molar-refractivity contribution >= 4 is 24.4 Å². The first kappa shape index (κ1) is 6.14. The molecule has 0 spiro atoms. The van der Waals surface area contributed by atoms with E-state index in [9.17, 15) is 0 Å². The first-order chi connectivity index (χ1) is 2.50. The van der Waals surface area contributed by atoms with Gasteiger partial charge in [-0.2, -0.15) is 4.83 Å². The quantitative estimate of drug-likeness (QED) is 0.464. The lowest BCUT2D eigenvalue weighted by atomic mass is 11.1. The summed E-state index contributed by atoms with van der Waals surface area (Å²) in [6, 6.07) is 0. The van der Waals surface area contributed by atoms with Gasteiger partial charge in [0.05, 0.1) is 0 Å². The SMILES string of the molecule is C1=CSNN1.Cl. The molecule has 0 saturated heterocycles. The van der Waals surface area contributed by atoms with Crippen molar-refractivity contribution in [3.05, 3.63) is 11.6 Å². The molecule has 1 aliphatic heterocycles. The third-order valence-corrected chi connectivity index (χ3v) is 0.845. The molecule has 0 fully saturated rings. The number of halogens is 1. The maximum atomic E-state index is 2.78. The third kappa shape index (κ3) is 1.55. The van der Waals surface area contributed by atoms with E-state index in [-0.39, 0.29) is 12.4 Å². The molecule has 0 bridgehead atoms. The van der Waals surface area contributed by atoms with Crippen LogP contribution in [-0.4, -0.2) is 0 Å². The van der Waals surface area contributed by atoms with Crippen LogP contribution in [0.2, 0.25) is 0 Å². The molecule has 0 aromatic carbocycles. The molecule has 1 heterocycles. The molecular weight excluding hydrogens is 120 g/mol. The zero-order valence-corrected chi connectivity index (χ0v) is 4.60. The van der Waals surface area contributed by atoms with Crippen LogP contribution in [0.3, 0.4) is 0 Å². The van der Waals surface area contributed by atoms with E-state index in [4.69, 9.17) is 0 Å². The van der Waals surface area contributed by atoms with Crippen LogP contribution in [0.5, 0.6) is 0 Å². The molecule has 4 heteroatoms. The average molecular weight is 125 g/mol. The number of rotatable bonds is 0. The molecule has 0 atom stereocenters. The molecule has 0 unspecified atom stereocenters. The fourth-order valence-corrected chi connectivity index (χ4v) is 0.510. The van der Waals surface area contributed by atoms with Gasteiger partial charge in [0.15, 0.2) is 0 Å². The van der Waals surface area contributed by atoms with Gasteiger partial charge in [-0.25, -0.2) is 0 Å². The summed E-state index contributed by atoms with van der Waals surface area (Å²) < 4.78 is 0. The highest BCUT2D eigenvalue weighted by atomic mass is 35.5. The molecule has 0 aliphatic carbocycles. The van der Waals surface area contributed by atoms with E-state index in [1.807, 2.05) is 11.6 Å². The van der Waals surface area contributed by atoms with Crippen LogP contribution in [0.15, 0.2) is 11.6 Å². The minimum atomic E-state index is 0. The van der Waals surface area contributed by atoms with Crippen molar-refractivity contribution < 1.29 is 0 Å².